The molecule has 1 aliphatic rings. The fraction of sp³-hybridized carbons (Fsp3) is 0.750. The number of hydrogen-bond acceptors (Lipinski definition) is 2. The highest BCUT2D eigenvalue weighted by atomic mass is 19.3. The second kappa shape index (κ2) is 2.28. The van der Waals surface area contributed by atoms with Gasteiger partial charge in [0.25, 0.3) is 0 Å². The van der Waals surface area contributed by atoms with Crippen LogP contribution in [0.5, 0.6) is 0 Å². The lowest BCUT2D eigenvalue weighted by Crippen LogP contribution is -2.35. The normalized spacial score (nSPS) is 25.0. The number of urea groups is 1. The average molecular weight is 149 g/mol. The molecule has 0 N–H and O–H groups in total. The molecule has 0 spiro atoms. The molecule has 6 heteroatoms. The number of alkyl halides is 2. The molecule has 0 aliphatic carbocycles. The van der Waals surface area contributed by atoms with Gasteiger partial charge in [0.15, 0.2) is 0 Å². The van der Waals surface area contributed by atoms with Crippen LogP contribution in [0.4, 0.5) is 13.6 Å². The van der Waals surface area contributed by atoms with Gasteiger partial charge in [-0.1, -0.05) is 5.11 Å². The zero-order chi connectivity index (χ0) is 7.72. The van der Waals surface area contributed by atoms with E-state index in [9.17, 15) is 13.6 Å². The molecular weight excluding hydrogens is 144 g/mol. The van der Waals surface area contributed by atoms with Gasteiger partial charge in [-0.25, -0.2) is 9.69 Å². The Labute approximate surface area is 55.5 Å². The van der Waals surface area contributed by atoms with E-state index in [1.54, 1.807) is 0 Å². The maximum absolute atomic E-state index is 11.8. The summed E-state index contributed by atoms with van der Waals surface area (Å²) in [5, 5.41) is 6.19. The molecule has 0 radical (unpaired) electrons. The molecule has 1 unspecified atom stereocenters. The summed E-state index contributed by atoms with van der Waals surface area (Å²) in [6.07, 6.45) is -0.826. The fourth-order valence-electron chi connectivity index (χ4n) is 0.647. The van der Waals surface area contributed by atoms with Gasteiger partial charge in [0, 0.05) is 0 Å². The molecule has 0 aromatic heterocycles. The molecule has 10 heavy (non-hydrogen) atoms. The molecule has 1 aliphatic heterocycles. The van der Waals surface area contributed by atoms with Crippen molar-refractivity contribution in [3.8, 4) is 0 Å². The van der Waals surface area contributed by atoms with Crippen LogP contribution in [0, 0.1) is 0 Å². The Bertz CT molecular complexity index is 181. The Balaban J connectivity index is 2.69. The van der Waals surface area contributed by atoms with Gasteiger partial charge in [-0.15, -0.1) is 0 Å². The van der Waals surface area contributed by atoms with Gasteiger partial charge in [-0.2, -0.15) is 13.9 Å². The predicted molar refractivity (Wildman–Crippen MR) is 27.6 cm³/mol. The van der Waals surface area contributed by atoms with Crippen LogP contribution < -0.4 is 0 Å². The second-order valence-corrected chi connectivity index (χ2v) is 1.81. The highest BCUT2D eigenvalue weighted by molar-refractivity contribution is 5.76. The Morgan fingerprint density at radius 1 is 1.70 bits per heavy atom. The van der Waals surface area contributed by atoms with E-state index in [2.05, 4.69) is 10.2 Å². The van der Waals surface area contributed by atoms with Crippen molar-refractivity contribution in [2.75, 3.05) is 0 Å². The largest absolute Gasteiger partial charge is 0.368 e. The summed E-state index contributed by atoms with van der Waals surface area (Å²) < 4.78 is 23.7. The van der Waals surface area contributed by atoms with E-state index in [-0.39, 0.29) is 0 Å². The lowest BCUT2D eigenvalue weighted by atomic mass is 10.5. The van der Waals surface area contributed by atoms with Gasteiger partial charge in [0.1, 0.15) is 6.17 Å². The highest BCUT2D eigenvalue weighted by Crippen LogP contribution is 2.17. The van der Waals surface area contributed by atoms with Crippen LogP contribution >= 0.6 is 0 Å². The summed E-state index contributed by atoms with van der Waals surface area (Å²) in [7, 11) is 0. The Morgan fingerprint density at radius 2 is 2.30 bits per heavy atom. The molecule has 2 amide bonds. The van der Waals surface area contributed by atoms with Crippen molar-refractivity contribution in [2.45, 2.75) is 19.6 Å². The number of azo groups is 1. The first-order chi connectivity index (χ1) is 4.63. The summed E-state index contributed by atoms with van der Waals surface area (Å²) in [4.78, 5) is 10.7. The van der Waals surface area contributed by atoms with Crippen molar-refractivity contribution in [3.63, 3.8) is 0 Å². The first kappa shape index (κ1) is 7.04. The third-order valence-electron chi connectivity index (χ3n) is 1.14. The van der Waals surface area contributed by atoms with Crippen LogP contribution in [-0.4, -0.2) is 23.6 Å². The minimum Gasteiger partial charge on any atom is -0.244 e. The lowest BCUT2D eigenvalue weighted by molar-refractivity contribution is -0.00639. The molecule has 0 fully saturated rings. The minimum absolute atomic E-state index is 0.306. The van der Waals surface area contributed by atoms with Crippen molar-refractivity contribution in [3.05, 3.63) is 0 Å². The lowest BCUT2D eigenvalue weighted by Gasteiger charge is -2.15. The van der Waals surface area contributed by atoms with Crippen molar-refractivity contribution in [1.82, 2.24) is 4.90 Å². The quantitative estimate of drug-likeness (QED) is 0.520. The maximum atomic E-state index is 11.8. The van der Waals surface area contributed by atoms with Gasteiger partial charge in [-0.3, -0.25) is 0 Å². The van der Waals surface area contributed by atoms with Crippen LogP contribution in [0.25, 0.3) is 0 Å². The van der Waals surface area contributed by atoms with E-state index in [4.69, 9.17) is 0 Å². The summed E-state index contributed by atoms with van der Waals surface area (Å²) in [5.41, 5.74) is 0. The van der Waals surface area contributed by atoms with Gasteiger partial charge in [0.2, 0.25) is 0 Å². The molecule has 1 rings (SSSR count). The zero-order valence-corrected chi connectivity index (χ0v) is 5.16. The van der Waals surface area contributed by atoms with Gasteiger partial charge in [0.05, 0.1) is 0 Å². The summed E-state index contributed by atoms with van der Waals surface area (Å²) in [6.45, 7) is -1.43. The first-order valence-corrected chi connectivity index (χ1v) is 2.64. The summed E-state index contributed by atoms with van der Waals surface area (Å²) in [5.74, 6) is 0. The number of nitrogens with zero attached hydrogens (tertiary/aromatic N) is 3. The second-order valence-electron chi connectivity index (χ2n) is 1.81. The van der Waals surface area contributed by atoms with E-state index in [1.807, 2.05) is 0 Å². The van der Waals surface area contributed by atoms with E-state index >= 15 is 0 Å². The van der Waals surface area contributed by atoms with E-state index in [0.717, 1.165) is 0 Å². The molecule has 1 heterocycles. The minimum atomic E-state index is -2.81. The van der Waals surface area contributed by atoms with Gasteiger partial charge >= 0.3 is 12.6 Å². The molecule has 0 aromatic carbocycles. The number of amides is 2. The highest BCUT2D eigenvalue weighted by Gasteiger charge is 2.32. The van der Waals surface area contributed by atoms with E-state index in [1.165, 1.54) is 6.92 Å². The predicted octanol–water partition coefficient (Wildman–Crippen LogP) is 1.44. The van der Waals surface area contributed by atoms with Gasteiger partial charge < -0.3 is 0 Å². The van der Waals surface area contributed by atoms with Crippen molar-refractivity contribution in [1.29, 1.82) is 0 Å². The molecular formula is C4H5F2N3O. The van der Waals surface area contributed by atoms with Crippen LogP contribution in [0.15, 0.2) is 10.2 Å². The Hall–Kier alpha value is -1.07. The molecule has 0 bridgehead atoms. The monoisotopic (exact) mass is 149 g/mol. The number of rotatable bonds is 1. The zero-order valence-electron chi connectivity index (χ0n) is 5.16. The Kier molecular flexibility index (Phi) is 1.60. The van der Waals surface area contributed by atoms with Crippen LogP contribution in [-0.2, 0) is 0 Å². The third kappa shape index (κ3) is 0.960. The fourth-order valence-corrected chi connectivity index (χ4v) is 0.647. The third-order valence-corrected chi connectivity index (χ3v) is 1.14. The van der Waals surface area contributed by atoms with Crippen molar-refractivity contribution >= 4 is 6.03 Å². The number of halogens is 2. The van der Waals surface area contributed by atoms with E-state index < -0.39 is 18.7 Å². The average Bonchev–Trinajstić information content (AvgIpc) is 2.11. The summed E-state index contributed by atoms with van der Waals surface area (Å²) in [6, 6.07) is -0.970. The molecule has 56 valence electrons. The number of carbonyl (C=O) groups is 1. The van der Waals surface area contributed by atoms with Crippen LogP contribution in [0.3, 0.4) is 0 Å². The maximum Gasteiger partial charge on any atom is 0.368 e. The van der Waals surface area contributed by atoms with Crippen molar-refractivity contribution in [2.24, 2.45) is 10.2 Å². The SMILES string of the molecule is CC1N=NC(=O)N1C(F)F. The topological polar surface area (TPSA) is 45.0 Å². The molecule has 0 saturated heterocycles. The number of hydrogen-bond donors (Lipinski definition) is 0. The number of carbonyl (C=O) groups excluding carboxylic acids is 1. The van der Waals surface area contributed by atoms with Gasteiger partial charge in [-0.05, 0) is 6.92 Å². The van der Waals surface area contributed by atoms with Crippen LogP contribution in [0.1, 0.15) is 6.92 Å². The molecule has 0 aromatic rings. The molecule has 1 atom stereocenters. The molecule has 0 saturated carbocycles. The van der Waals surface area contributed by atoms with E-state index in [0.29, 0.717) is 4.90 Å². The van der Waals surface area contributed by atoms with Crippen molar-refractivity contribution < 1.29 is 13.6 Å². The standard InChI is InChI=1S/C4H5F2N3O/c1-2-7-8-4(10)9(2)3(5)6/h2-3H,1H3. The first-order valence-electron chi connectivity index (χ1n) is 2.64. The summed E-state index contributed by atoms with van der Waals surface area (Å²) >= 11 is 0. The Morgan fingerprint density at radius 3 is 2.50 bits per heavy atom. The van der Waals surface area contributed by atoms with Crippen LogP contribution in [0.2, 0.25) is 0 Å². The smallest absolute Gasteiger partial charge is 0.244 e. The molecule has 4 nitrogen and oxygen atoms in total.